The lowest BCUT2D eigenvalue weighted by atomic mass is 9.84. The molecule has 0 bridgehead atoms. The van der Waals surface area contributed by atoms with Crippen LogP contribution in [-0.4, -0.2) is 34.3 Å². The molecular weight excluding hydrogens is 421 g/mol. The van der Waals surface area contributed by atoms with Gasteiger partial charge in [-0.05, 0) is 50.5 Å². The second-order valence-corrected chi connectivity index (χ2v) is 9.06. The fraction of sp³-hybridized carbons (Fsp3) is 0.381. The van der Waals surface area contributed by atoms with Crippen molar-refractivity contribution in [3.8, 4) is 5.75 Å². The normalized spacial score (nSPS) is 19.2. The number of ether oxygens (including phenoxy) is 1. The molecule has 0 amide bonds. The maximum absolute atomic E-state index is 14.7. The van der Waals surface area contributed by atoms with Crippen molar-refractivity contribution in [3.63, 3.8) is 0 Å². The Hall–Kier alpha value is -3.01. The van der Waals surface area contributed by atoms with Crippen molar-refractivity contribution in [3.05, 3.63) is 60.6 Å². The molecule has 4 rings (SSSR count). The first-order valence-electron chi connectivity index (χ1n) is 10.2. The Morgan fingerprint density at radius 2 is 2.03 bits per heavy atom. The summed E-state index contributed by atoms with van der Waals surface area (Å²) in [6.45, 7) is 2.81. The number of nitrogens with one attached hydrogen (secondary N) is 1. The zero-order valence-corrected chi connectivity index (χ0v) is 17.9. The molecule has 1 N–H and O–H groups in total. The van der Waals surface area contributed by atoms with Crippen LogP contribution in [0.4, 0.5) is 10.2 Å². The highest BCUT2D eigenvalue weighted by atomic mass is 32.2. The van der Waals surface area contributed by atoms with Crippen molar-refractivity contribution in [2.45, 2.75) is 56.1 Å². The van der Waals surface area contributed by atoms with E-state index in [-0.39, 0.29) is 17.8 Å². The molecule has 1 fully saturated rings. The Balaban J connectivity index is 1.53. The SMILES string of the molecule is CCn1nccc1[C@H]1CCCC[C@@H]1Oc1ccc(S(=O)(=O)Nc2ccncn2)c(F)c1. The standard InChI is InChI=1S/C21H24FN5O3S/c1-2-27-18(9-12-25-27)16-5-3-4-6-19(16)30-15-7-8-20(17(22)13-15)31(28,29)26-21-10-11-23-14-24-21/h7-14,16,19H,2-6H2,1H3,(H,23,24,26)/t16-,19+/m1/s1. The Labute approximate surface area is 180 Å². The highest BCUT2D eigenvalue weighted by molar-refractivity contribution is 7.92. The van der Waals surface area contributed by atoms with Crippen LogP contribution in [0.15, 0.2) is 53.9 Å². The van der Waals surface area contributed by atoms with Gasteiger partial charge in [-0.15, -0.1) is 0 Å². The third-order valence-electron chi connectivity index (χ3n) is 5.43. The quantitative estimate of drug-likeness (QED) is 0.595. The zero-order valence-electron chi connectivity index (χ0n) is 17.1. The number of sulfonamides is 1. The van der Waals surface area contributed by atoms with Crippen molar-refractivity contribution >= 4 is 15.8 Å². The monoisotopic (exact) mass is 445 g/mol. The molecule has 10 heteroatoms. The van der Waals surface area contributed by atoms with E-state index in [0.717, 1.165) is 44.0 Å². The molecule has 1 aliphatic rings. The van der Waals surface area contributed by atoms with Crippen molar-refractivity contribution < 1.29 is 17.5 Å². The highest BCUT2D eigenvalue weighted by Crippen LogP contribution is 2.36. The van der Waals surface area contributed by atoms with Crippen LogP contribution >= 0.6 is 0 Å². The molecule has 3 aromatic rings. The number of aromatic nitrogens is 4. The van der Waals surface area contributed by atoms with Gasteiger partial charge >= 0.3 is 0 Å². The Kier molecular flexibility index (Phi) is 6.17. The average Bonchev–Trinajstić information content (AvgIpc) is 3.23. The molecule has 1 aromatic carbocycles. The summed E-state index contributed by atoms with van der Waals surface area (Å²) < 4.78 is 50.2. The predicted molar refractivity (Wildman–Crippen MR) is 113 cm³/mol. The van der Waals surface area contributed by atoms with Gasteiger partial charge in [-0.2, -0.15) is 5.10 Å². The number of aryl methyl sites for hydroxylation is 1. The second kappa shape index (κ2) is 9.01. The summed E-state index contributed by atoms with van der Waals surface area (Å²) in [6, 6.07) is 7.21. The lowest BCUT2D eigenvalue weighted by Crippen LogP contribution is -2.30. The minimum Gasteiger partial charge on any atom is -0.490 e. The maximum Gasteiger partial charge on any atom is 0.265 e. The number of anilines is 1. The summed E-state index contributed by atoms with van der Waals surface area (Å²) in [5.41, 5.74) is 1.11. The van der Waals surface area contributed by atoms with Gasteiger partial charge in [-0.3, -0.25) is 9.40 Å². The number of benzene rings is 1. The summed E-state index contributed by atoms with van der Waals surface area (Å²) in [7, 11) is -4.13. The predicted octanol–water partition coefficient (Wildman–Crippen LogP) is 3.74. The van der Waals surface area contributed by atoms with E-state index in [1.807, 2.05) is 17.7 Å². The highest BCUT2D eigenvalue weighted by Gasteiger charge is 2.31. The van der Waals surface area contributed by atoms with Crippen LogP contribution in [0.25, 0.3) is 0 Å². The van der Waals surface area contributed by atoms with Gasteiger partial charge in [-0.25, -0.2) is 22.8 Å². The lowest BCUT2D eigenvalue weighted by Gasteiger charge is -2.32. The van der Waals surface area contributed by atoms with E-state index in [0.29, 0.717) is 5.75 Å². The first-order chi connectivity index (χ1) is 15.0. The van der Waals surface area contributed by atoms with E-state index < -0.39 is 20.7 Å². The minimum atomic E-state index is -4.13. The first kappa shape index (κ1) is 21.2. The summed E-state index contributed by atoms with van der Waals surface area (Å²) in [5, 5.41) is 4.36. The first-order valence-corrected chi connectivity index (χ1v) is 11.7. The average molecular weight is 446 g/mol. The molecule has 164 valence electrons. The number of rotatable bonds is 7. The van der Waals surface area contributed by atoms with Gasteiger partial charge in [0, 0.05) is 36.6 Å². The Morgan fingerprint density at radius 1 is 1.19 bits per heavy atom. The van der Waals surface area contributed by atoms with Gasteiger partial charge in [0.1, 0.15) is 34.7 Å². The van der Waals surface area contributed by atoms with Gasteiger partial charge in [0.15, 0.2) is 0 Å². The van der Waals surface area contributed by atoms with Crippen LogP contribution < -0.4 is 9.46 Å². The topological polar surface area (TPSA) is 99.0 Å². The van der Waals surface area contributed by atoms with E-state index >= 15 is 0 Å². The summed E-state index contributed by atoms with van der Waals surface area (Å²) in [6.07, 6.45) is 8.19. The van der Waals surface area contributed by atoms with Crippen molar-refractivity contribution in [1.29, 1.82) is 0 Å². The van der Waals surface area contributed by atoms with Crippen LogP contribution in [0.1, 0.15) is 44.2 Å². The Morgan fingerprint density at radius 3 is 2.77 bits per heavy atom. The lowest BCUT2D eigenvalue weighted by molar-refractivity contribution is 0.125. The molecule has 0 unspecified atom stereocenters. The molecular formula is C21H24FN5O3S. The molecule has 2 atom stereocenters. The van der Waals surface area contributed by atoms with E-state index in [1.165, 1.54) is 30.7 Å². The molecule has 0 radical (unpaired) electrons. The largest absolute Gasteiger partial charge is 0.490 e. The van der Waals surface area contributed by atoms with Crippen LogP contribution in [0.2, 0.25) is 0 Å². The van der Waals surface area contributed by atoms with E-state index in [1.54, 1.807) is 6.20 Å². The van der Waals surface area contributed by atoms with Crippen LogP contribution in [0, 0.1) is 5.82 Å². The van der Waals surface area contributed by atoms with Crippen molar-refractivity contribution in [2.75, 3.05) is 4.72 Å². The minimum absolute atomic E-state index is 0.0623. The molecule has 1 saturated carbocycles. The summed E-state index contributed by atoms with van der Waals surface area (Å²) in [5.74, 6) is -0.364. The van der Waals surface area contributed by atoms with Gasteiger partial charge in [-0.1, -0.05) is 6.42 Å². The number of nitrogens with zero attached hydrogens (tertiary/aromatic N) is 4. The van der Waals surface area contributed by atoms with Crippen molar-refractivity contribution in [2.24, 2.45) is 0 Å². The Bertz CT molecular complexity index is 1140. The number of halogens is 1. The smallest absolute Gasteiger partial charge is 0.265 e. The van der Waals surface area contributed by atoms with Crippen molar-refractivity contribution in [1.82, 2.24) is 19.7 Å². The number of hydrogen-bond acceptors (Lipinski definition) is 6. The van der Waals surface area contributed by atoms with E-state index in [9.17, 15) is 12.8 Å². The molecule has 2 heterocycles. The van der Waals surface area contributed by atoms with Gasteiger partial charge in [0.05, 0.1) is 0 Å². The summed E-state index contributed by atoms with van der Waals surface area (Å²) in [4.78, 5) is 7.06. The van der Waals surface area contributed by atoms with Crippen LogP contribution in [0.5, 0.6) is 5.75 Å². The summed E-state index contributed by atoms with van der Waals surface area (Å²) >= 11 is 0. The van der Waals surface area contributed by atoms with Crippen LogP contribution in [-0.2, 0) is 16.6 Å². The van der Waals surface area contributed by atoms with Gasteiger partial charge in [0.25, 0.3) is 10.0 Å². The van der Waals surface area contributed by atoms with Gasteiger partial charge < -0.3 is 4.74 Å². The molecule has 0 aliphatic heterocycles. The maximum atomic E-state index is 14.7. The molecule has 8 nitrogen and oxygen atoms in total. The molecule has 0 spiro atoms. The van der Waals surface area contributed by atoms with E-state index in [2.05, 4.69) is 19.8 Å². The van der Waals surface area contributed by atoms with Gasteiger partial charge in [0.2, 0.25) is 0 Å². The molecule has 1 aliphatic carbocycles. The zero-order chi connectivity index (χ0) is 21.8. The van der Waals surface area contributed by atoms with Crippen LogP contribution in [0.3, 0.4) is 0 Å². The molecule has 31 heavy (non-hydrogen) atoms. The van der Waals surface area contributed by atoms with E-state index in [4.69, 9.17) is 4.74 Å². The molecule has 0 saturated heterocycles. The molecule has 2 aromatic heterocycles. The second-order valence-electron chi connectivity index (χ2n) is 7.41. The number of hydrogen-bond donors (Lipinski definition) is 1. The third kappa shape index (κ3) is 4.68. The fourth-order valence-corrected chi connectivity index (χ4v) is 5.06. The third-order valence-corrected chi connectivity index (χ3v) is 6.82. The fourth-order valence-electron chi connectivity index (χ4n) is 3.99.